The summed E-state index contributed by atoms with van der Waals surface area (Å²) in [7, 11) is 1.58. The molecule has 0 saturated carbocycles. The molecule has 2 aromatic heterocycles. The number of hydrogen-bond donors (Lipinski definition) is 0. The largest absolute Gasteiger partial charge is 0.487 e. The zero-order valence-electron chi connectivity index (χ0n) is 20.9. The van der Waals surface area contributed by atoms with Gasteiger partial charge in [0.1, 0.15) is 12.4 Å². The molecule has 1 unspecified atom stereocenters. The Hall–Kier alpha value is -4.19. The molecule has 0 aliphatic carbocycles. The number of aromatic nitrogens is 3. The third kappa shape index (κ3) is 4.80. The van der Waals surface area contributed by atoms with Crippen molar-refractivity contribution in [3.05, 3.63) is 112 Å². The molecule has 0 saturated heterocycles. The lowest BCUT2D eigenvalue weighted by atomic mass is 9.71. The summed E-state index contributed by atoms with van der Waals surface area (Å²) in [5.41, 5.74) is 4.58. The first kappa shape index (κ1) is 23.5. The number of fused-ring (bicyclic) bond motifs is 1. The van der Waals surface area contributed by atoms with E-state index in [-0.39, 0.29) is 11.3 Å². The Balaban J connectivity index is 1.56. The van der Waals surface area contributed by atoms with E-state index in [0.29, 0.717) is 18.2 Å². The van der Waals surface area contributed by atoms with Crippen molar-refractivity contribution in [2.24, 2.45) is 12.5 Å². The molecule has 0 amide bonds. The number of ether oxygens (including phenoxy) is 1. The lowest BCUT2D eigenvalue weighted by Crippen LogP contribution is -2.20. The van der Waals surface area contributed by atoms with Crippen LogP contribution in [0.1, 0.15) is 43.5 Å². The monoisotopic (exact) mass is 479 g/mol. The van der Waals surface area contributed by atoms with Gasteiger partial charge < -0.3 is 9.15 Å². The Bertz CT molecular complexity index is 1560. The van der Waals surface area contributed by atoms with Crippen molar-refractivity contribution in [3.8, 4) is 17.2 Å². The Morgan fingerprint density at radius 2 is 1.69 bits per heavy atom. The minimum Gasteiger partial charge on any atom is -0.487 e. The van der Waals surface area contributed by atoms with Crippen LogP contribution in [0.25, 0.3) is 22.4 Å². The van der Waals surface area contributed by atoms with Crippen LogP contribution in [0.2, 0.25) is 0 Å². The van der Waals surface area contributed by atoms with Crippen molar-refractivity contribution in [2.75, 3.05) is 0 Å². The van der Waals surface area contributed by atoms with E-state index in [2.05, 4.69) is 44.1 Å². The summed E-state index contributed by atoms with van der Waals surface area (Å²) < 4.78 is 12.9. The number of benzene rings is 3. The summed E-state index contributed by atoms with van der Waals surface area (Å²) in [6.45, 7) is 6.95. The van der Waals surface area contributed by atoms with Gasteiger partial charge in [0.2, 0.25) is 5.89 Å². The number of aryl methyl sites for hydroxylation is 1. The van der Waals surface area contributed by atoms with E-state index >= 15 is 0 Å². The van der Waals surface area contributed by atoms with Crippen molar-refractivity contribution in [1.29, 1.82) is 0 Å². The smallest absolute Gasteiger partial charge is 0.437 e. The number of rotatable bonds is 6. The Labute approximate surface area is 210 Å². The maximum atomic E-state index is 12.1. The van der Waals surface area contributed by atoms with E-state index in [0.717, 1.165) is 33.3 Å². The molecule has 0 fully saturated rings. The molecule has 0 radical (unpaired) electrons. The van der Waals surface area contributed by atoms with Gasteiger partial charge in [-0.1, -0.05) is 75.4 Å². The van der Waals surface area contributed by atoms with E-state index in [1.165, 1.54) is 4.68 Å². The molecule has 0 aliphatic heterocycles. The molecule has 6 heteroatoms. The number of pyridine rings is 1. The maximum Gasteiger partial charge on any atom is 0.437 e. The first-order valence-electron chi connectivity index (χ1n) is 12.0. The predicted molar refractivity (Wildman–Crippen MR) is 141 cm³/mol. The van der Waals surface area contributed by atoms with Crippen LogP contribution >= 0.6 is 0 Å². The van der Waals surface area contributed by atoms with Crippen LogP contribution < -0.4 is 10.5 Å². The fourth-order valence-electron chi connectivity index (χ4n) is 4.66. The first-order chi connectivity index (χ1) is 17.3. The van der Waals surface area contributed by atoms with Gasteiger partial charge in [0.25, 0.3) is 0 Å². The minimum atomic E-state index is -0.495. The molecular formula is C30H29N3O3. The SMILES string of the molecule is Cn1nc(-c2ccc(OCc3ccc4ccccc4n3)cc2C(c2ccccc2)C(C)(C)C)oc1=O. The Morgan fingerprint density at radius 3 is 2.42 bits per heavy atom. The predicted octanol–water partition coefficient (Wildman–Crippen LogP) is 6.35. The molecule has 0 bridgehead atoms. The standard InChI is InChI=1S/C30H29N3O3/c1-30(2,3)27(21-11-6-5-7-12-21)25-18-23(16-17-24(25)28-32-33(4)29(34)36-28)35-19-22-15-14-20-10-8-9-13-26(20)31-22/h5-18,27H,19H2,1-4H3. The highest BCUT2D eigenvalue weighted by molar-refractivity contribution is 5.78. The average molecular weight is 480 g/mol. The minimum absolute atomic E-state index is 0.00310. The van der Waals surface area contributed by atoms with Gasteiger partial charge in [-0.3, -0.25) is 0 Å². The van der Waals surface area contributed by atoms with Crippen molar-refractivity contribution in [1.82, 2.24) is 14.8 Å². The normalized spacial score (nSPS) is 12.6. The molecule has 0 aliphatic rings. The van der Waals surface area contributed by atoms with E-state index in [9.17, 15) is 4.79 Å². The third-order valence-corrected chi connectivity index (χ3v) is 6.30. The van der Waals surface area contributed by atoms with Gasteiger partial charge >= 0.3 is 5.76 Å². The van der Waals surface area contributed by atoms with Crippen molar-refractivity contribution in [3.63, 3.8) is 0 Å². The zero-order chi connectivity index (χ0) is 25.3. The summed E-state index contributed by atoms with van der Waals surface area (Å²) in [5, 5.41) is 5.44. The van der Waals surface area contributed by atoms with Gasteiger partial charge in [-0.15, -0.1) is 5.10 Å². The van der Waals surface area contributed by atoms with Crippen LogP contribution in [0.4, 0.5) is 0 Å². The molecule has 2 heterocycles. The molecule has 0 N–H and O–H groups in total. The third-order valence-electron chi connectivity index (χ3n) is 6.30. The Morgan fingerprint density at radius 1 is 0.944 bits per heavy atom. The van der Waals surface area contributed by atoms with Crippen molar-refractivity contribution < 1.29 is 9.15 Å². The number of nitrogens with zero attached hydrogens (tertiary/aromatic N) is 3. The van der Waals surface area contributed by atoms with Crippen LogP contribution in [0.5, 0.6) is 5.75 Å². The molecule has 1 atom stereocenters. The van der Waals surface area contributed by atoms with Gasteiger partial charge in [-0.05, 0) is 46.9 Å². The summed E-state index contributed by atoms with van der Waals surface area (Å²) in [6, 6.07) is 28.3. The van der Waals surface area contributed by atoms with Crippen LogP contribution in [0.3, 0.4) is 0 Å². The molecule has 36 heavy (non-hydrogen) atoms. The van der Waals surface area contributed by atoms with Gasteiger partial charge in [0.15, 0.2) is 0 Å². The van der Waals surface area contributed by atoms with E-state index < -0.39 is 5.76 Å². The van der Waals surface area contributed by atoms with Gasteiger partial charge in [0, 0.05) is 23.9 Å². The summed E-state index contributed by atoms with van der Waals surface area (Å²) in [6.07, 6.45) is 0. The van der Waals surface area contributed by atoms with E-state index in [4.69, 9.17) is 14.1 Å². The highest BCUT2D eigenvalue weighted by Crippen LogP contribution is 2.45. The van der Waals surface area contributed by atoms with Crippen LogP contribution in [0.15, 0.2) is 94.1 Å². The van der Waals surface area contributed by atoms with Crippen molar-refractivity contribution >= 4 is 10.9 Å². The van der Waals surface area contributed by atoms with Gasteiger partial charge in [-0.2, -0.15) is 4.68 Å². The molecule has 0 spiro atoms. The first-order valence-corrected chi connectivity index (χ1v) is 12.0. The average Bonchev–Trinajstić information content (AvgIpc) is 3.20. The second kappa shape index (κ2) is 9.46. The maximum absolute atomic E-state index is 12.1. The number of para-hydroxylation sites is 1. The molecular weight excluding hydrogens is 450 g/mol. The summed E-state index contributed by atoms with van der Waals surface area (Å²) >= 11 is 0. The molecule has 182 valence electrons. The summed E-state index contributed by atoms with van der Waals surface area (Å²) in [4.78, 5) is 16.8. The fourth-order valence-corrected chi connectivity index (χ4v) is 4.66. The van der Waals surface area contributed by atoms with Crippen LogP contribution in [-0.4, -0.2) is 14.8 Å². The number of hydrogen-bond acceptors (Lipinski definition) is 5. The lowest BCUT2D eigenvalue weighted by molar-refractivity contribution is 0.300. The van der Waals surface area contributed by atoms with Crippen molar-refractivity contribution in [2.45, 2.75) is 33.3 Å². The fraction of sp³-hybridized carbons (Fsp3) is 0.233. The second-order valence-electron chi connectivity index (χ2n) is 10.0. The van der Waals surface area contributed by atoms with Crippen LogP contribution in [0, 0.1) is 5.41 Å². The highest BCUT2D eigenvalue weighted by Gasteiger charge is 2.31. The van der Waals surface area contributed by atoms with Crippen LogP contribution in [-0.2, 0) is 13.7 Å². The molecule has 5 rings (SSSR count). The van der Waals surface area contributed by atoms with E-state index in [1.807, 2.05) is 66.7 Å². The van der Waals surface area contributed by atoms with E-state index in [1.54, 1.807) is 7.05 Å². The zero-order valence-corrected chi connectivity index (χ0v) is 20.9. The Kier molecular flexibility index (Phi) is 6.18. The molecule has 5 aromatic rings. The van der Waals surface area contributed by atoms with Gasteiger partial charge in [-0.25, -0.2) is 9.78 Å². The molecule has 6 nitrogen and oxygen atoms in total. The van der Waals surface area contributed by atoms with Gasteiger partial charge in [0.05, 0.1) is 11.2 Å². The topological polar surface area (TPSA) is 70.2 Å². The lowest BCUT2D eigenvalue weighted by Gasteiger charge is -2.33. The molecule has 3 aromatic carbocycles. The summed E-state index contributed by atoms with van der Waals surface area (Å²) in [5.74, 6) is 0.520. The highest BCUT2D eigenvalue weighted by atomic mass is 16.5. The quantitative estimate of drug-likeness (QED) is 0.284. The second-order valence-corrected chi connectivity index (χ2v) is 10.0.